The molecule has 12 nitrogen and oxygen atoms in total. The van der Waals surface area contributed by atoms with Crippen molar-refractivity contribution in [1.29, 1.82) is 0 Å². The number of piperazine rings is 1. The van der Waals surface area contributed by atoms with E-state index in [1.54, 1.807) is 24.3 Å². The van der Waals surface area contributed by atoms with Crippen LogP contribution in [-0.2, 0) is 25.7 Å². The van der Waals surface area contributed by atoms with Crippen LogP contribution in [0.15, 0.2) is 30.4 Å². The highest BCUT2D eigenvalue weighted by Gasteiger charge is 2.40. The summed E-state index contributed by atoms with van der Waals surface area (Å²) >= 11 is 0. The monoisotopic (exact) mass is 552 g/mol. The van der Waals surface area contributed by atoms with Crippen molar-refractivity contribution < 1.29 is 28.7 Å². The molecule has 4 heterocycles. The van der Waals surface area contributed by atoms with Crippen LogP contribution >= 0.6 is 0 Å². The summed E-state index contributed by atoms with van der Waals surface area (Å²) in [6, 6.07) is 4.42. The molecule has 5 rings (SSSR count). The highest BCUT2D eigenvalue weighted by Crippen LogP contribution is 2.33. The van der Waals surface area contributed by atoms with Gasteiger partial charge < -0.3 is 20.7 Å². The number of ketones is 1. The normalized spacial score (nSPS) is 24.8. The van der Waals surface area contributed by atoms with Crippen molar-refractivity contribution in [2.45, 2.75) is 50.4 Å². The topological polar surface area (TPSA) is 154 Å². The summed E-state index contributed by atoms with van der Waals surface area (Å²) in [5, 5.41) is 5.64. The number of amides is 4. The van der Waals surface area contributed by atoms with Gasteiger partial charge in [-0.25, -0.2) is 0 Å². The van der Waals surface area contributed by atoms with Crippen molar-refractivity contribution in [2.24, 2.45) is 5.73 Å². The Morgan fingerprint density at radius 3 is 2.65 bits per heavy atom. The van der Waals surface area contributed by atoms with Gasteiger partial charge in [-0.05, 0) is 50.6 Å². The maximum Gasteiger partial charge on any atom is 0.255 e. The van der Waals surface area contributed by atoms with Gasteiger partial charge in [0.1, 0.15) is 18.4 Å². The maximum absolute atomic E-state index is 13.4. The Morgan fingerprint density at radius 2 is 1.90 bits per heavy atom. The van der Waals surface area contributed by atoms with E-state index in [1.165, 1.54) is 11.0 Å². The first-order chi connectivity index (χ1) is 19.3. The predicted octanol–water partition coefficient (Wildman–Crippen LogP) is -0.825. The molecule has 0 aromatic heterocycles. The number of benzene rings is 1. The number of rotatable bonds is 9. The Balaban J connectivity index is 1.19. The van der Waals surface area contributed by atoms with Gasteiger partial charge in [-0.1, -0.05) is 12.1 Å². The summed E-state index contributed by atoms with van der Waals surface area (Å²) in [7, 11) is 0. The van der Waals surface area contributed by atoms with Crippen molar-refractivity contribution in [3.05, 3.63) is 41.5 Å². The number of ether oxygens (including phenoxy) is 1. The first-order valence-corrected chi connectivity index (χ1v) is 13.9. The maximum atomic E-state index is 13.4. The minimum absolute atomic E-state index is 0.0250. The Morgan fingerprint density at radius 1 is 1.10 bits per heavy atom. The fourth-order valence-corrected chi connectivity index (χ4v) is 6.14. The molecule has 1 aromatic carbocycles. The Kier molecular flexibility index (Phi) is 8.57. The number of Topliss-reactive ketones (excluding diaryl/α,β-unsaturated/α-hetero) is 1. The number of piperidine rings is 2. The molecule has 0 bridgehead atoms. The third-order valence-corrected chi connectivity index (χ3v) is 8.24. The molecule has 0 saturated carbocycles. The summed E-state index contributed by atoms with van der Waals surface area (Å²) in [6.45, 7) is 4.65. The third-order valence-electron chi connectivity index (χ3n) is 8.24. The molecular weight excluding hydrogens is 516 g/mol. The smallest absolute Gasteiger partial charge is 0.255 e. The van der Waals surface area contributed by atoms with Crippen LogP contribution in [0.2, 0.25) is 0 Å². The van der Waals surface area contributed by atoms with Crippen LogP contribution in [0.1, 0.15) is 41.6 Å². The van der Waals surface area contributed by atoms with Crippen LogP contribution in [0.3, 0.4) is 0 Å². The summed E-state index contributed by atoms with van der Waals surface area (Å²) < 4.78 is 6.02. The van der Waals surface area contributed by atoms with Gasteiger partial charge in [0.2, 0.25) is 17.7 Å². The van der Waals surface area contributed by atoms with Crippen molar-refractivity contribution in [2.75, 3.05) is 45.9 Å². The average molecular weight is 553 g/mol. The molecule has 1 aromatic rings. The number of primary amides is 1. The van der Waals surface area contributed by atoms with E-state index in [1.807, 2.05) is 0 Å². The van der Waals surface area contributed by atoms with Gasteiger partial charge in [0.25, 0.3) is 5.91 Å². The number of imide groups is 1. The van der Waals surface area contributed by atoms with Crippen LogP contribution in [-0.4, -0.2) is 108 Å². The van der Waals surface area contributed by atoms with Crippen molar-refractivity contribution in [1.82, 2.24) is 25.3 Å². The second-order valence-corrected chi connectivity index (χ2v) is 10.7. The van der Waals surface area contributed by atoms with Gasteiger partial charge in [-0.2, -0.15) is 0 Å². The van der Waals surface area contributed by atoms with Gasteiger partial charge in [0.05, 0.1) is 12.6 Å². The molecule has 0 radical (unpaired) electrons. The lowest BCUT2D eigenvalue weighted by atomic mass is 9.98. The van der Waals surface area contributed by atoms with E-state index in [0.29, 0.717) is 30.0 Å². The van der Waals surface area contributed by atoms with Gasteiger partial charge in [-0.3, -0.25) is 39.1 Å². The van der Waals surface area contributed by atoms with E-state index in [-0.39, 0.29) is 55.7 Å². The zero-order valence-corrected chi connectivity index (χ0v) is 22.5. The van der Waals surface area contributed by atoms with Crippen LogP contribution < -0.4 is 21.1 Å². The van der Waals surface area contributed by atoms with Crippen LogP contribution in [0, 0.1) is 0 Å². The van der Waals surface area contributed by atoms with Gasteiger partial charge >= 0.3 is 0 Å². The number of carbonyl (C=O) groups is 5. The quantitative estimate of drug-likeness (QED) is 0.263. The average Bonchev–Trinajstić information content (AvgIpc) is 3.28. The van der Waals surface area contributed by atoms with Gasteiger partial charge in [-0.15, -0.1) is 0 Å². The number of likely N-dealkylation sites (tertiary alicyclic amines) is 1. The second-order valence-electron chi connectivity index (χ2n) is 10.7. The first kappa shape index (κ1) is 27.9. The fraction of sp³-hybridized carbons (Fsp3) is 0.536. The third kappa shape index (κ3) is 6.08. The molecule has 4 aliphatic rings. The van der Waals surface area contributed by atoms with Gasteiger partial charge in [0, 0.05) is 49.8 Å². The number of fused-ring (bicyclic) bond motifs is 1. The molecule has 3 fully saturated rings. The highest BCUT2D eigenvalue weighted by atomic mass is 16.5. The van der Waals surface area contributed by atoms with Crippen molar-refractivity contribution in [3.8, 4) is 5.75 Å². The highest BCUT2D eigenvalue weighted by molar-refractivity contribution is 6.05. The number of carbonyl (C=O) groups excluding carboxylic acids is 5. The second kappa shape index (κ2) is 12.3. The minimum Gasteiger partial charge on any atom is -0.485 e. The Hall–Kier alpha value is -3.61. The fourth-order valence-electron chi connectivity index (χ4n) is 6.14. The predicted molar refractivity (Wildman–Crippen MR) is 144 cm³/mol. The lowest BCUT2D eigenvalue weighted by Crippen LogP contribution is -2.60. The zero-order chi connectivity index (χ0) is 28.2. The largest absolute Gasteiger partial charge is 0.485 e. The van der Waals surface area contributed by atoms with E-state index in [4.69, 9.17) is 10.5 Å². The minimum atomic E-state index is -0.709. The number of nitrogens with one attached hydrogen (secondary N) is 2. The molecule has 40 heavy (non-hydrogen) atoms. The van der Waals surface area contributed by atoms with E-state index < -0.39 is 17.9 Å². The SMILES string of the molecule is NC(=O)C=CCN1CCC(N2CCNCC2C(=O)COc2cccc3c2CN(C2CCC(=O)NC2=O)C3=O)CC1. The standard InChI is InChI=1S/C28H36N6O6/c29-25(36)5-2-11-32-12-8-18(9-13-32)33-14-10-30-15-22(33)23(35)17-40-24-4-1-3-19-20(24)16-34(28(19)39)21-6-7-26(37)31-27(21)38/h1-5,18,21-22,30H,6-17H2,(H2,29,36)(H,31,37,38). The molecular formula is C28H36N6O6. The Labute approximate surface area is 232 Å². The lowest BCUT2D eigenvalue weighted by Gasteiger charge is -2.44. The molecule has 3 saturated heterocycles. The summed E-state index contributed by atoms with van der Waals surface area (Å²) in [4.78, 5) is 67.4. The summed E-state index contributed by atoms with van der Waals surface area (Å²) in [5.41, 5.74) is 6.28. The number of hydrogen-bond donors (Lipinski definition) is 3. The molecule has 4 amide bonds. The molecule has 12 heteroatoms. The first-order valence-electron chi connectivity index (χ1n) is 13.9. The molecule has 2 atom stereocenters. The zero-order valence-electron chi connectivity index (χ0n) is 22.5. The van der Waals surface area contributed by atoms with Crippen LogP contribution in [0.5, 0.6) is 5.75 Å². The van der Waals surface area contributed by atoms with E-state index in [9.17, 15) is 24.0 Å². The number of hydrogen-bond acceptors (Lipinski definition) is 9. The Bertz CT molecular complexity index is 1210. The number of nitrogens with two attached hydrogens (primary N) is 1. The molecule has 4 N–H and O–H groups in total. The lowest BCUT2D eigenvalue weighted by molar-refractivity contribution is -0.137. The molecule has 2 unspecified atom stereocenters. The van der Waals surface area contributed by atoms with Crippen molar-refractivity contribution >= 4 is 29.4 Å². The summed E-state index contributed by atoms with van der Waals surface area (Å²) in [6.07, 6.45) is 5.51. The van der Waals surface area contributed by atoms with E-state index in [0.717, 1.165) is 39.0 Å². The van der Waals surface area contributed by atoms with E-state index in [2.05, 4.69) is 20.4 Å². The van der Waals surface area contributed by atoms with Crippen LogP contribution in [0.25, 0.3) is 0 Å². The molecule has 214 valence electrons. The molecule has 4 aliphatic heterocycles. The summed E-state index contributed by atoms with van der Waals surface area (Å²) in [5.74, 6) is -1.09. The van der Waals surface area contributed by atoms with Gasteiger partial charge in [0.15, 0.2) is 5.78 Å². The van der Waals surface area contributed by atoms with Crippen LogP contribution in [0.4, 0.5) is 0 Å². The molecule has 0 spiro atoms. The molecule has 0 aliphatic carbocycles. The number of nitrogens with zero attached hydrogens (tertiary/aromatic N) is 3. The van der Waals surface area contributed by atoms with Crippen molar-refractivity contribution in [3.63, 3.8) is 0 Å². The van der Waals surface area contributed by atoms with E-state index >= 15 is 0 Å².